The summed E-state index contributed by atoms with van der Waals surface area (Å²) in [6, 6.07) is -6.02. The minimum atomic E-state index is -1.08. The Kier molecular flexibility index (Phi) is 56.2. The van der Waals surface area contributed by atoms with Crippen LogP contribution in [-0.4, -0.2) is 207 Å². The highest BCUT2D eigenvalue weighted by Crippen LogP contribution is 2.23. The first-order chi connectivity index (χ1) is 54.8. The van der Waals surface area contributed by atoms with E-state index in [9.17, 15) is 67.1 Å². The van der Waals surface area contributed by atoms with Gasteiger partial charge in [-0.25, -0.2) is 38.4 Å². The number of unbranched alkanes of at least 4 members (excludes halogenated alkanes) is 10. The predicted molar refractivity (Wildman–Crippen MR) is 451 cm³/mol. The highest BCUT2D eigenvalue weighted by Gasteiger charge is 2.36. The summed E-state index contributed by atoms with van der Waals surface area (Å²) in [5.41, 5.74) is 7.01. The third kappa shape index (κ3) is 61.1. The van der Waals surface area contributed by atoms with Gasteiger partial charge in [-0.05, 0) is 253 Å². The summed E-state index contributed by atoms with van der Waals surface area (Å²) < 4.78 is 41.9. The average molecular weight is 1690 g/mol. The number of ketones is 2. The maximum absolute atomic E-state index is 14.3. The second-order valence-corrected chi connectivity index (χ2v) is 35.7. The molecule has 0 aromatic rings. The van der Waals surface area contributed by atoms with E-state index in [4.69, 9.17) is 49.4 Å². The molecule has 0 saturated heterocycles. The normalized spacial score (nSPS) is 13.8. The maximum atomic E-state index is 14.3. The molecule has 0 spiro atoms. The van der Waals surface area contributed by atoms with Gasteiger partial charge in [0.05, 0.1) is 26.3 Å². The SMILES string of the molecule is CCCCCC(NC(=O)C(CCCCNC(=O)OC(C)(C)C)CC(=O)[C@H](CCCCNC(=O)OC(C)(C)C)NC(=O)[C@H](CCCCC)NC(=O)OC(C)(C)C)C(=O)OC.COC(=O)C(CCCCN)NC(=O)[C@H](CCCCNC(=O)OC(C)(C)C)CC(=O)[C@H](CCCCNC(=O)OC(C)(C)C)NC(=O)[C@H](CCCCN)NC(=O)OC(C)(C)C. The molecule has 34 heteroatoms. The van der Waals surface area contributed by atoms with E-state index >= 15 is 0 Å². The number of nitrogens with one attached hydrogen (secondary N) is 10. The number of amides is 10. The molecule has 0 saturated carbocycles. The fourth-order valence-electron chi connectivity index (χ4n) is 11.6. The van der Waals surface area contributed by atoms with Gasteiger partial charge >= 0.3 is 48.5 Å². The first kappa shape index (κ1) is 112. The van der Waals surface area contributed by atoms with Gasteiger partial charge in [-0.1, -0.05) is 65.2 Å². The van der Waals surface area contributed by atoms with Crippen LogP contribution in [0.3, 0.4) is 0 Å². The molecule has 0 bridgehead atoms. The van der Waals surface area contributed by atoms with Gasteiger partial charge in [0.1, 0.15) is 57.8 Å². The molecule has 8 atom stereocenters. The Balaban J connectivity index is 0. The molecule has 3 unspecified atom stereocenters. The molecular weight excluding hydrogens is 1530 g/mol. The van der Waals surface area contributed by atoms with Crippen molar-refractivity contribution >= 4 is 83.7 Å². The van der Waals surface area contributed by atoms with E-state index in [1.54, 1.807) is 125 Å². The number of esters is 2. The first-order valence-corrected chi connectivity index (χ1v) is 42.5. The van der Waals surface area contributed by atoms with Crippen LogP contribution in [0.15, 0.2) is 0 Å². The Bertz CT molecular complexity index is 2810. The average Bonchev–Trinajstić information content (AvgIpc) is 0.864. The quantitative estimate of drug-likeness (QED) is 0.0153. The molecular formula is C84H156N12O22. The second-order valence-electron chi connectivity index (χ2n) is 35.7. The van der Waals surface area contributed by atoms with Crippen LogP contribution < -0.4 is 64.6 Å². The van der Waals surface area contributed by atoms with Crippen molar-refractivity contribution in [2.75, 3.05) is 53.5 Å². The first-order valence-electron chi connectivity index (χ1n) is 42.5. The lowest BCUT2D eigenvalue weighted by Gasteiger charge is -2.26. The minimum absolute atomic E-state index is 0.153. The van der Waals surface area contributed by atoms with Gasteiger partial charge in [-0.15, -0.1) is 0 Å². The fraction of sp³-hybridized carbons (Fsp3) is 0.833. The molecule has 0 aromatic heterocycles. The van der Waals surface area contributed by atoms with Crippen molar-refractivity contribution in [3.8, 4) is 0 Å². The minimum Gasteiger partial charge on any atom is -0.467 e. The molecule has 0 radical (unpaired) electrons. The summed E-state index contributed by atoms with van der Waals surface area (Å²) in [6.45, 7) is 37.2. The van der Waals surface area contributed by atoms with Crippen LogP contribution >= 0.6 is 0 Å². The fourth-order valence-corrected chi connectivity index (χ4v) is 11.6. The van der Waals surface area contributed by atoms with Crippen LogP contribution in [-0.2, 0) is 76.3 Å². The van der Waals surface area contributed by atoms with Gasteiger partial charge in [-0.2, -0.15) is 0 Å². The summed E-state index contributed by atoms with van der Waals surface area (Å²) >= 11 is 0. The van der Waals surface area contributed by atoms with Crippen molar-refractivity contribution < 1.29 is 105 Å². The van der Waals surface area contributed by atoms with Gasteiger partial charge < -0.3 is 103 Å². The number of nitrogens with two attached hydrogens (primary N) is 2. The van der Waals surface area contributed by atoms with Crippen molar-refractivity contribution in [2.24, 2.45) is 23.3 Å². The van der Waals surface area contributed by atoms with E-state index in [0.717, 1.165) is 25.7 Å². The number of carbonyl (C=O) groups excluding carboxylic acids is 14. The van der Waals surface area contributed by atoms with Gasteiger partial charge in [0.2, 0.25) is 23.6 Å². The standard InChI is InChI=1S/C43H79N5O11.C41H77N7O11/c1-13-15-17-25-32(48-40(55)59-43(9,10)11)36(51)46-31(24-20-22-28-45-39(54)58-42(6,7)8)34(49)29-30(23-19-21-27-44-38(53)57-41(3,4)5)35(50)47-33(37(52)56-12)26-18-16-14-2;1-39(2,3)57-36(53)44-25-17-13-19-28(33(50)47-31(35(52)56-10)22-12-16-24-43)27-32(49)29(20-14-18-26-45-37(54)58-40(4,5)6)46-34(51)30(21-11-15-23-42)48-38(55)59-41(7,8)9/h30-33H,13-29H2,1-12H3,(H,44,53)(H,45,54)(H,46,51)(H,47,50)(H,48,55);28-31H,11-27,42-43H2,1-10H3,(H,44,53)(H,45,54)(H,46,51)(H,47,50)(H,48,55)/t30?,31-,32-,33?;28-,29+,30+,31?/m01/s1. The van der Waals surface area contributed by atoms with Crippen molar-refractivity contribution in [1.29, 1.82) is 0 Å². The molecule has 0 heterocycles. The number of carbonyl (C=O) groups is 14. The van der Waals surface area contributed by atoms with Gasteiger partial charge in [0, 0.05) is 50.9 Å². The molecule has 14 N–H and O–H groups in total. The van der Waals surface area contributed by atoms with Crippen LogP contribution in [0, 0.1) is 11.8 Å². The molecule has 0 aliphatic rings. The molecule has 0 aliphatic carbocycles. The summed E-state index contributed by atoms with van der Waals surface area (Å²) in [6.07, 6.45) is 8.18. The summed E-state index contributed by atoms with van der Waals surface area (Å²) in [5.74, 6) is -6.08. The number of alkyl carbamates (subject to hydrolysis) is 6. The Hall–Kier alpha value is -8.30. The zero-order valence-corrected chi connectivity index (χ0v) is 75.8. The van der Waals surface area contributed by atoms with Crippen molar-refractivity contribution in [2.45, 2.75) is 388 Å². The van der Waals surface area contributed by atoms with Crippen LogP contribution in [0.5, 0.6) is 0 Å². The van der Waals surface area contributed by atoms with Crippen LogP contribution in [0.4, 0.5) is 28.8 Å². The van der Waals surface area contributed by atoms with Crippen LogP contribution in [0.1, 0.15) is 318 Å². The molecule has 0 rings (SSSR count). The van der Waals surface area contributed by atoms with Crippen LogP contribution in [0.25, 0.3) is 0 Å². The zero-order chi connectivity index (χ0) is 90.5. The third-order valence-electron chi connectivity index (χ3n) is 17.2. The Morgan fingerprint density at radius 1 is 0.263 bits per heavy atom. The predicted octanol–water partition coefficient (Wildman–Crippen LogP) is 11.4. The number of methoxy groups -OCH3 is 2. The topological polar surface area (TPSA) is 485 Å². The number of rotatable bonds is 54. The highest BCUT2D eigenvalue weighted by atomic mass is 16.6. The molecule has 0 aromatic carbocycles. The van der Waals surface area contributed by atoms with Gasteiger partial charge in [-0.3, -0.25) is 28.8 Å². The molecule has 684 valence electrons. The van der Waals surface area contributed by atoms with E-state index in [1.165, 1.54) is 14.2 Å². The third-order valence-corrected chi connectivity index (χ3v) is 17.2. The Labute approximate surface area is 703 Å². The van der Waals surface area contributed by atoms with Crippen molar-refractivity contribution in [3.05, 3.63) is 0 Å². The largest absolute Gasteiger partial charge is 0.467 e. The van der Waals surface area contributed by atoms with Crippen LogP contribution in [0.2, 0.25) is 0 Å². The van der Waals surface area contributed by atoms with E-state index in [0.29, 0.717) is 116 Å². The molecule has 10 amide bonds. The van der Waals surface area contributed by atoms with Crippen molar-refractivity contribution in [3.63, 3.8) is 0 Å². The molecule has 0 aliphatic heterocycles. The molecule has 34 nitrogen and oxygen atoms in total. The summed E-state index contributed by atoms with van der Waals surface area (Å²) in [7, 11) is 2.48. The van der Waals surface area contributed by atoms with E-state index < -0.39 is 165 Å². The molecule has 118 heavy (non-hydrogen) atoms. The number of ether oxygens (including phenoxy) is 8. The van der Waals surface area contributed by atoms with Gasteiger partial charge in [0.25, 0.3) is 0 Å². The smallest absolute Gasteiger partial charge is 0.408 e. The molecule has 0 fully saturated rings. The van der Waals surface area contributed by atoms with E-state index in [1.807, 2.05) is 13.8 Å². The number of hydrogen-bond donors (Lipinski definition) is 12. The zero-order valence-electron chi connectivity index (χ0n) is 75.8. The maximum Gasteiger partial charge on any atom is 0.408 e. The second kappa shape index (κ2) is 59.4. The van der Waals surface area contributed by atoms with Crippen molar-refractivity contribution in [1.82, 2.24) is 53.2 Å². The monoisotopic (exact) mass is 1690 g/mol. The Morgan fingerprint density at radius 2 is 0.483 bits per heavy atom. The summed E-state index contributed by atoms with van der Waals surface area (Å²) in [5, 5.41) is 27.3. The number of hydrogen-bond acceptors (Lipinski definition) is 24. The lowest BCUT2D eigenvalue weighted by Crippen LogP contribution is -2.53. The summed E-state index contributed by atoms with van der Waals surface area (Å²) in [4.78, 5) is 184. The number of Topliss-reactive ketones (excluding diaryl/α,β-unsaturated/α-hetero) is 2. The van der Waals surface area contributed by atoms with E-state index in [-0.39, 0.29) is 77.5 Å². The lowest BCUT2D eigenvalue weighted by molar-refractivity contribution is -0.146. The van der Waals surface area contributed by atoms with Gasteiger partial charge in [0.15, 0.2) is 11.6 Å². The highest BCUT2D eigenvalue weighted by molar-refractivity contribution is 5.96. The van der Waals surface area contributed by atoms with E-state index in [2.05, 4.69) is 53.2 Å². The lowest BCUT2D eigenvalue weighted by atomic mass is 9.90. The Morgan fingerprint density at radius 3 is 0.729 bits per heavy atom.